The lowest BCUT2D eigenvalue weighted by Crippen LogP contribution is -2.48. The summed E-state index contributed by atoms with van der Waals surface area (Å²) in [6, 6.07) is 13.5. The number of carbonyl (C=O) groups is 2. The summed E-state index contributed by atoms with van der Waals surface area (Å²) < 4.78 is 0. The number of carboxylic acids is 1. The van der Waals surface area contributed by atoms with E-state index in [1.807, 2.05) is 62.1 Å². The van der Waals surface area contributed by atoms with Crippen LogP contribution in [-0.2, 0) is 4.79 Å². The molecule has 33 heavy (non-hydrogen) atoms. The molecule has 3 aromatic rings. The minimum atomic E-state index is -0.917. The van der Waals surface area contributed by atoms with Gasteiger partial charge in [0.1, 0.15) is 0 Å². The summed E-state index contributed by atoms with van der Waals surface area (Å²) in [5.41, 5.74) is 7.11. The van der Waals surface area contributed by atoms with Gasteiger partial charge in [0, 0.05) is 30.1 Å². The number of H-pyrrole nitrogens is 1. The van der Waals surface area contributed by atoms with Crippen molar-refractivity contribution in [3.8, 4) is 17.3 Å². The second-order valence-corrected chi connectivity index (χ2v) is 8.79. The minimum absolute atomic E-state index is 0.0223. The Hall–Kier alpha value is -3.92. The van der Waals surface area contributed by atoms with Gasteiger partial charge in [-0.2, -0.15) is 10.4 Å². The van der Waals surface area contributed by atoms with E-state index in [9.17, 15) is 14.7 Å². The van der Waals surface area contributed by atoms with Crippen molar-refractivity contribution in [1.82, 2.24) is 15.1 Å². The maximum absolute atomic E-state index is 13.3. The molecule has 168 valence electrons. The number of carboxylic acid groups (broad SMARTS) is 1. The maximum Gasteiger partial charge on any atom is 0.312 e. The van der Waals surface area contributed by atoms with Crippen LogP contribution < -0.4 is 0 Å². The molecular formula is C26H26N4O3. The molecule has 1 aliphatic rings. The number of aromatic amines is 1. The first-order valence-corrected chi connectivity index (χ1v) is 10.9. The van der Waals surface area contributed by atoms with Crippen LogP contribution in [-0.4, -0.2) is 45.2 Å². The third-order valence-electron chi connectivity index (χ3n) is 6.59. The largest absolute Gasteiger partial charge is 0.481 e. The van der Waals surface area contributed by atoms with Crippen LogP contribution in [0.25, 0.3) is 11.3 Å². The molecule has 0 bridgehead atoms. The molecule has 0 aliphatic carbocycles. The van der Waals surface area contributed by atoms with Gasteiger partial charge >= 0.3 is 5.97 Å². The molecule has 7 nitrogen and oxygen atoms in total. The van der Waals surface area contributed by atoms with Crippen molar-refractivity contribution in [2.75, 3.05) is 13.1 Å². The highest BCUT2D eigenvalue weighted by molar-refractivity contribution is 5.98. The molecule has 0 radical (unpaired) electrons. The molecule has 2 N–H and O–H groups in total. The number of hydrogen-bond acceptors (Lipinski definition) is 4. The smallest absolute Gasteiger partial charge is 0.312 e. The Morgan fingerprint density at radius 1 is 1.15 bits per heavy atom. The molecule has 1 saturated heterocycles. The Morgan fingerprint density at radius 2 is 1.82 bits per heavy atom. The van der Waals surface area contributed by atoms with E-state index in [0.717, 1.165) is 27.8 Å². The lowest BCUT2D eigenvalue weighted by atomic mass is 9.89. The summed E-state index contributed by atoms with van der Waals surface area (Å²) in [5.74, 6) is -1.37. The van der Waals surface area contributed by atoms with Gasteiger partial charge in [-0.15, -0.1) is 0 Å². The van der Waals surface area contributed by atoms with Crippen LogP contribution in [0.3, 0.4) is 0 Å². The maximum atomic E-state index is 13.3. The van der Waals surface area contributed by atoms with Gasteiger partial charge in [-0.25, -0.2) is 0 Å². The summed E-state index contributed by atoms with van der Waals surface area (Å²) in [4.78, 5) is 26.5. The number of amides is 1. The first kappa shape index (κ1) is 22.3. The molecule has 1 unspecified atom stereocenters. The van der Waals surface area contributed by atoms with Crippen LogP contribution in [0.1, 0.15) is 62.6 Å². The zero-order valence-corrected chi connectivity index (χ0v) is 19.1. The highest BCUT2D eigenvalue weighted by atomic mass is 16.4. The van der Waals surface area contributed by atoms with Crippen LogP contribution in [0.5, 0.6) is 0 Å². The fraction of sp³-hybridized carbons (Fsp3) is 0.308. The predicted molar refractivity (Wildman–Crippen MR) is 124 cm³/mol. The Morgan fingerprint density at radius 3 is 2.42 bits per heavy atom. The topological polar surface area (TPSA) is 110 Å². The molecule has 0 saturated carbocycles. The van der Waals surface area contributed by atoms with E-state index >= 15 is 0 Å². The number of nitrogens with zero attached hydrogens (tertiary/aromatic N) is 3. The molecular weight excluding hydrogens is 416 g/mol. The molecule has 1 aliphatic heterocycles. The highest BCUT2D eigenvalue weighted by Gasteiger charge is 2.33. The average molecular weight is 443 g/mol. The standard InChI is InChI=1S/C26H26N4O3/c1-14-9-15(2)22(10-21(14)24-16(3)23(28-29-24)17(4)26(32)33)25(31)30-12-20(13-30)19-7-5-18(11-27)6-8-19/h5-10,17,20H,12-13H2,1-4H3,(H,28,29)(H,32,33). The third-order valence-corrected chi connectivity index (χ3v) is 6.59. The Kier molecular flexibility index (Phi) is 5.77. The quantitative estimate of drug-likeness (QED) is 0.612. The molecule has 2 aromatic carbocycles. The minimum Gasteiger partial charge on any atom is -0.481 e. The number of aliphatic carboxylic acids is 1. The Labute approximate surface area is 192 Å². The van der Waals surface area contributed by atoms with Crippen LogP contribution in [0.2, 0.25) is 0 Å². The van der Waals surface area contributed by atoms with Gasteiger partial charge in [0.05, 0.1) is 28.9 Å². The van der Waals surface area contributed by atoms with Crippen molar-refractivity contribution >= 4 is 11.9 Å². The normalized spacial score (nSPS) is 14.5. The van der Waals surface area contributed by atoms with Gasteiger partial charge in [0.25, 0.3) is 5.91 Å². The lowest BCUT2D eigenvalue weighted by molar-refractivity contribution is -0.138. The van der Waals surface area contributed by atoms with Crippen molar-refractivity contribution < 1.29 is 14.7 Å². The van der Waals surface area contributed by atoms with Gasteiger partial charge in [-0.3, -0.25) is 14.7 Å². The van der Waals surface area contributed by atoms with Gasteiger partial charge < -0.3 is 10.0 Å². The predicted octanol–water partition coefficient (Wildman–Crippen LogP) is 4.30. The third kappa shape index (κ3) is 4.00. The second kappa shape index (κ2) is 8.55. The van der Waals surface area contributed by atoms with Gasteiger partial charge in [-0.05, 0) is 68.1 Å². The summed E-state index contributed by atoms with van der Waals surface area (Å²) >= 11 is 0. The van der Waals surface area contributed by atoms with E-state index in [0.29, 0.717) is 35.6 Å². The van der Waals surface area contributed by atoms with Crippen molar-refractivity contribution in [3.05, 3.63) is 75.5 Å². The average Bonchev–Trinajstić information content (AvgIpc) is 3.13. The summed E-state index contributed by atoms with van der Waals surface area (Å²) in [6.45, 7) is 8.64. The summed E-state index contributed by atoms with van der Waals surface area (Å²) in [5, 5.41) is 25.6. The number of aryl methyl sites for hydroxylation is 2. The van der Waals surface area contributed by atoms with Crippen LogP contribution in [0, 0.1) is 32.1 Å². The van der Waals surface area contributed by atoms with E-state index in [2.05, 4.69) is 16.3 Å². The summed E-state index contributed by atoms with van der Waals surface area (Å²) in [7, 11) is 0. The number of nitrogens with one attached hydrogen (secondary N) is 1. The Balaban J connectivity index is 1.57. The van der Waals surface area contributed by atoms with Crippen molar-refractivity contribution in [2.24, 2.45) is 0 Å². The Bertz CT molecular complexity index is 1280. The fourth-order valence-electron chi connectivity index (χ4n) is 4.41. The number of aromatic nitrogens is 2. The number of rotatable bonds is 5. The monoisotopic (exact) mass is 442 g/mol. The molecule has 0 spiro atoms. The molecule has 4 rings (SSSR count). The molecule has 1 aromatic heterocycles. The van der Waals surface area contributed by atoms with Crippen molar-refractivity contribution in [2.45, 2.75) is 39.5 Å². The van der Waals surface area contributed by atoms with Gasteiger partial charge in [-0.1, -0.05) is 18.2 Å². The zero-order valence-electron chi connectivity index (χ0n) is 19.1. The van der Waals surface area contributed by atoms with E-state index in [4.69, 9.17) is 5.26 Å². The zero-order chi connectivity index (χ0) is 23.9. The van der Waals surface area contributed by atoms with Crippen LogP contribution in [0.15, 0.2) is 36.4 Å². The van der Waals surface area contributed by atoms with Crippen molar-refractivity contribution in [3.63, 3.8) is 0 Å². The number of likely N-dealkylation sites (tertiary alicyclic amines) is 1. The molecule has 7 heteroatoms. The van der Waals surface area contributed by atoms with E-state index in [1.165, 1.54) is 0 Å². The van der Waals surface area contributed by atoms with Crippen LogP contribution >= 0.6 is 0 Å². The lowest BCUT2D eigenvalue weighted by Gasteiger charge is -2.40. The molecule has 2 heterocycles. The number of benzene rings is 2. The highest BCUT2D eigenvalue weighted by Crippen LogP contribution is 2.34. The number of carbonyl (C=O) groups excluding carboxylic acids is 1. The first-order valence-electron chi connectivity index (χ1n) is 10.9. The SMILES string of the molecule is Cc1cc(C)c(-c2n[nH]c(C(C)C(=O)O)c2C)cc1C(=O)N1CC(c2ccc(C#N)cc2)C1. The van der Waals surface area contributed by atoms with E-state index < -0.39 is 11.9 Å². The van der Waals surface area contributed by atoms with Crippen molar-refractivity contribution in [1.29, 1.82) is 5.26 Å². The van der Waals surface area contributed by atoms with Crippen LogP contribution in [0.4, 0.5) is 0 Å². The number of nitriles is 1. The van der Waals surface area contributed by atoms with Gasteiger partial charge in [0.15, 0.2) is 0 Å². The van der Waals surface area contributed by atoms with E-state index in [1.54, 1.807) is 6.92 Å². The first-order chi connectivity index (χ1) is 15.7. The molecule has 1 fully saturated rings. The number of hydrogen-bond donors (Lipinski definition) is 2. The molecule has 1 amide bonds. The fourth-order valence-corrected chi connectivity index (χ4v) is 4.41. The molecule has 1 atom stereocenters. The van der Waals surface area contributed by atoms with Gasteiger partial charge in [0.2, 0.25) is 0 Å². The summed E-state index contributed by atoms with van der Waals surface area (Å²) in [6.07, 6.45) is 0. The second-order valence-electron chi connectivity index (χ2n) is 8.79. The van der Waals surface area contributed by atoms with E-state index in [-0.39, 0.29) is 11.8 Å².